The van der Waals surface area contributed by atoms with Crippen LogP contribution in [0.25, 0.3) is 0 Å². The Bertz CT molecular complexity index is 814. The first kappa shape index (κ1) is 21.9. The van der Waals surface area contributed by atoms with Gasteiger partial charge >= 0.3 is 0 Å². The van der Waals surface area contributed by atoms with Crippen molar-refractivity contribution in [1.29, 1.82) is 0 Å². The van der Waals surface area contributed by atoms with Gasteiger partial charge in [0.05, 0.1) is 12.8 Å². The summed E-state index contributed by atoms with van der Waals surface area (Å²) in [4.78, 5) is 17.2. The summed E-state index contributed by atoms with van der Waals surface area (Å²) in [6.07, 6.45) is 1.53. The van der Waals surface area contributed by atoms with Crippen LogP contribution in [0.4, 0.5) is 5.69 Å². The molecule has 0 spiro atoms. The second-order valence-corrected chi connectivity index (χ2v) is 8.11. The lowest BCUT2D eigenvalue weighted by Crippen LogP contribution is -2.32. The summed E-state index contributed by atoms with van der Waals surface area (Å²) in [5, 5.41) is 4.24. The van der Waals surface area contributed by atoms with Gasteiger partial charge in [0.2, 0.25) is 5.91 Å². The molecule has 1 saturated heterocycles. The highest BCUT2D eigenvalue weighted by Gasteiger charge is 2.16. The maximum Gasteiger partial charge on any atom is 0.225 e. The predicted molar refractivity (Wildman–Crippen MR) is 119 cm³/mol. The highest BCUT2D eigenvalue weighted by atomic mass is 35.5. The van der Waals surface area contributed by atoms with Gasteiger partial charge in [0.25, 0.3) is 0 Å². The normalized spacial score (nSPS) is 15.7. The van der Waals surface area contributed by atoms with Gasteiger partial charge in [0.1, 0.15) is 5.75 Å². The summed E-state index contributed by atoms with van der Waals surface area (Å²) in [6.45, 7) is 5.69. The van der Waals surface area contributed by atoms with Gasteiger partial charge in [-0.15, -0.1) is 0 Å². The van der Waals surface area contributed by atoms with Crippen molar-refractivity contribution in [3.05, 3.63) is 58.1 Å². The van der Waals surface area contributed by atoms with E-state index in [0.29, 0.717) is 22.9 Å². The van der Waals surface area contributed by atoms with E-state index in [1.807, 2.05) is 12.1 Å². The molecule has 1 fully saturated rings. The third kappa shape index (κ3) is 6.89. The van der Waals surface area contributed by atoms with E-state index >= 15 is 0 Å². The number of methoxy groups -OCH3 is 1. The predicted octanol–water partition coefficient (Wildman–Crippen LogP) is 4.54. The van der Waals surface area contributed by atoms with Crippen LogP contribution in [0.5, 0.6) is 5.75 Å². The van der Waals surface area contributed by atoms with Crippen LogP contribution in [0.2, 0.25) is 10.0 Å². The van der Waals surface area contributed by atoms with Crippen molar-refractivity contribution in [2.24, 2.45) is 0 Å². The molecule has 1 heterocycles. The molecule has 0 saturated carbocycles. The SMILES string of the molecule is COc1ccc(Cl)cc1NC(=O)CCN1CCCN(Cc2ccc(Cl)cc2)CC1. The molecule has 29 heavy (non-hydrogen) atoms. The third-order valence-electron chi connectivity index (χ3n) is 5.09. The number of halogens is 2. The Morgan fingerprint density at radius 1 is 1.00 bits per heavy atom. The molecule has 1 N–H and O–H groups in total. The number of benzene rings is 2. The van der Waals surface area contributed by atoms with Crippen molar-refractivity contribution in [1.82, 2.24) is 9.80 Å². The largest absolute Gasteiger partial charge is 0.495 e. The van der Waals surface area contributed by atoms with Gasteiger partial charge < -0.3 is 15.0 Å². The minimum atomic E-state index is -0.0344. The van der Waals surface area contributed by atoms with Crippen LogP contribution in [0, 0.1) is 0 Å². The van der Waals surface area contributed by atoms with Gasteiger partial charge in [-0.25, -0.2) is 0 Å². The molecule has 7 heteroatoms. The number of rotatable bonds is 7. The highest BCUT2D eigenvalue weighted by molar-refractivity contribution is 6.31. The van der Waals surface area contributed by atoms with E-state index in [1.165, 1.54) is 5.56 Å². The Morgan fingerprint density at radius 2 is 1.69 bits per heavy atom. The second kappa shape index (κ2) is 10.8. The fraction of sp³-hybridized carbons (Fsp3) is 0.409. The number of hydrogen-bond donors (Lipinski definition) is 1. The van der Waals surface area contributed by atoms with E-state index in [-0.39, 0.29) is 5.91 Å². The summed E-state index contributed by atoms with van der Waals surface area (Å²) >= 11 is 12.0. The van der Waals surface area contributed by atoms with E-state index in [4.69, 9.17) is 27.9 Å². The Hall–Kier alpha value is -1.79. The lowest BCUT2D eigenvalue weighted by Gasteiger charge is -2.22. The van der Waals surface area contributed by atoms with Gasteiger partial charge in [0, 0.05) is 42.6 Å². The van der Waals surface area contributed by atoms with Gasteiger partial charge in [0.15, 0.2) is 0 Å². The Balaban J connectivity index is 1.45. The van der Waals surface area contributed by atoms with Gasteiger partial charge in [-0.2, -0.15) is 0 Å². The minimum absolute atomic E-state index is 0.0344. The summed E-state index contributed by atoms with van der Waals surface area (Å²) in [7, 11) is 1.58. The molecule has 0 unspecified atom stereocenters. The Morgan fingerprint density at radius 3 is 2.45 bits per heavy atom. The van der Waals surface area contributed by atoms with E-state index in [2.05, 4.69) is 27.2 Å². The quantitative estimate of drug-likeness (QED) is 0.693. The molecule has 156 valence electrons. The van der Waals surface area contributed by atoms with Crippen molar-refractivity contribution in [2.45, 2.75) is 19.4 Å². The molecule has 1 amide bonds. The molecule has 3 rings (SSSR count). The van der Waals surface area contributed by atoms with Crippen LogP contribution in [0.3, 0.4) is 0 Å². The second-order valence-electron chi connectivity index (χ2n) is 7.24. The summed E-state index contributed by atoms with van der Waals surface area (Å²) in [5.74, 6) is 0.572. The van der Waals surface area contributed by atoms with Crippen molar-refractivity contribution < 1.29 is 9.53 Å². The number of ether oxygens (including phenoxy) is 1. The molecule has 0 radical (unpaired) electrons. The average molecular weight is 436 g/mol. The fourth-order valence-corrected chi connectivity index (χ4v) is 3.80. The third-order valence-corrected chi connectivity index (χ3v) is 5.58. The number of hydrogen-bond acceptors (Lipinski definition) is 4. The highest BCUT2D eigenvalue weighted by Crippen LogP contribution is 2.27. The molecule has 0 bridgehead atoms. The maximum atomic E-state index is 12.4. The molecule has 2 aromatic rings. The van der Waals surface area contributed by atoms with Crippen LogP contribution in [0.15, 0.2) is 42.5 Å². The van der Waals surface area contributed by atoms with Crippen LogP contribution < -0.4 is 10.1 Å². The first-order valence-electron chi connectivity index (χ1n) is 9.86. The van der Waals surface area contributed by atoms with Crippen LogP contribution in [-0.4, -0.2) is 55.5 Å². The smallest absolute Gasteiger partial charge is 0.225 e. The summed E-state index contributed by atoms with van der Waals surface area (Å²) in [5.41, 5.74) is 1.88. The number of nitrogens with zero attached hydrogens (tertiary/aromatic N) is 2. The zero-order chi connectivity index (χ0) is 20.6. The lowest BCUT2D eigenvalue weighted by molar-refractivity contribution is -0.116. The average Bonchev–Trinajstić information content (AvgIpc) is 2.93. The molecule has 0 aliphatic carbocycles. The molecule has 0 aromatic heterocycles. The van der Waals surface area contributed by atoms with Crippen molar-refractivity contribution in [3.8, 4) is 5.75 Å². The number of nitrogens with one attached hydrogen (secondary N) is 1. The van der Waals surface area contributed by atoms with Crippen LogP contribution in [0.1, 0.15) is 18.4 Å². The number of amides is 1. The molecule has 2 aromatic carbocycles. The Labute approximate surface area is 182 Å². The van der Waals surface area contributed by atoms with E-state index in [1.54, 1.807) is 25.3 Å². The van der Waals surface area contributed by atoms with Gasteiger partial charge in [-0.1, -0.05) is 35.3 Å². The molecular weight excluding hydrogens is 409 g/mol. The summed E-state index contributed by atoms with van der Waals surface area (Å²) in [6, 6.07) is 13.2. The first-order chi connectivity index (χ1) is 14.0. The topological polar surface area (TPSA) is 44.8 Å². The van der Waals surface area contributed by atoms with Gasteiger partial charge in [-0.05, 0) is 55.4 Å². The maximum absolute atomic E-state index is 12.4. The monoisotopic (exact) mass is 435 g/mol. The van der Waals surface area contributed by atoms with Crippen molar-refractivity contribution in [2.75, 3.05) is 45.2 Å². The zero-order valence-electron chi connectivity index (χ0n) is 16.7. The molecule has 1 aliphatic rings. The van der Waals surface area contributed by atoms with Gasteiger partial charge in [-0.3, -0.25) is 9.69 Å². The zero-order valence-corrected chi connectivity index (χ0v) is 18.2. The minimum Gasteiger partial charge on any atom is -0.495 e. The number of carbonyl (C=O) groups excluding carboxylic acids is 1. The standard InChI is InChI=1S/C22H27Cl2N3O2/c1-29-21-8-7-19(24)15-20(21)25-22(28)9-12-26-10-2-11-27(14-13-26)16-17-3-5-18(23)6-4-17/h3-8,15H,2,9-14,16H2,1H3,(H,25,28). The van der Waals surface area contributed by atoms with Crippen molar-refractivity contribution in [3.63, 3.8) is 0 Å². The first-order valence-corrected chi connectivity index (χ1v) is 10.6. The van der Waals surface area contributed by atoms with E-state index in [0.717, 1.165) is 50.7 Å². The Kier molecular flexibility index (Phi) is 8.19. The van der Waals surface area contributed by atoms with Crippen LogP contribution >= 0.6 is 23.2 Å². The lowest BCUT2D eigenvalue weighted by atomic mass is 10.2. The van der Waals surface area contributed by atoms with Crippen LogP contribution in [-0.2, 0) is 11.3 Å². The number of anilines is 1. The van der Waals surface area contributed by atoms with E-state index < -0.39 is 0 Å². The van der Waals surface area contributed by atoms with E-state index in [9.17, 15) is 4.79 Å². The molecular formula is C22H27Cl2N3O2. The number of carbonyl (C=O) groups is 1. The van der Waals surface area contributed by atoms with Crippen molar-refractivity contribution >= 4 is 34.8 Å². The molecule has 1 aliphatic heterocycles. The molecule has 0 atom stereocenters. The molecule has 5 nitrogen and oxygen atoms in total. The fourth-order valence-electron chi connectivity index (χ4n) is 3.50. The summed E-state index contributed by atoms with van der Waals surface area (Å²) < 4.78 is 5.28.